The van der Waals surface area contributed by atoms with Crippen molar-refractivity contribution in [3.05, 3.63) is 21.4 Å². The summed E-state index contributed by atoms with van der Waals surface area (Å²) in [6, 6.07) is -0.0396. The molecule has 0 aliphatic rings. The first-order valence-electron chi connectivity index (χ1n) is 6.74. The second kappa shape index (κ2) is 6.21. The lowest BCUT2D eigenvalue weighted by atomic mass is 10.1. The van der Waals surface area contributed by atoms with Crippen LogP contribution in [0.3, 0.4) is 0 Å². The predicted octanol–water partition coefficient (Wildman–Crippen LogP) is 1.61. The van der Waals surface area contributed by atoms with Crippen molar-refractivity contribution in [3.8, 4) is 0 Å². The third kappa shape index (κ3) is 3.57. The number of carbonyl (C=O) groups is 1. The number of carbonyl (C=O) groups excluding carboxylic acids is 1. The first-order chi connectivity index (χ1) is 9.88. The van der Waals surface area contributed by atoms with Gasteiger partial charge in [0.25, 0.3) is 0 Å². The molecule has 0 radical (unpaired) electrons. The van der Waals surface area contributed by atoms with E-state index in [4.69, 9.17) is 5.73 Å². The van der Waals surface area contributed by atoms with Crippen molar-refractivity contribution in [2.45, 2.75) is 39.7 Å². The predicted molar refractivity (Wildman–Crippen MR) is 81.9 cm³/mol. The SMILES string of the molecule is Cc1nc([C@@H](C)N(C)C(=O)CCc2nc(N)n[nH]2)c(C)s1. The zero-order valence-electron chi connectivity index (χ0n) is 12.7. The molecule has 0 aliphatic heterocycles. The topological polar surface area (TPSA) is 101 Å². The van der Waals surface area contributed by atoms with E-state index in [-0.39, 0.29) is 17.9 Å². The van der Waals surface area contributed by atoms with Gasteiger partial charge in [0.15, 0.2) is 0 Å². The van der Waals surface area contributed by atoms with Crippen molar-refractivity contribution in [1.29, 1.82) is 0 Å². The molecule has 0 bridgehead atoms. The number of anilines is 1. The number of hydrogen-bond acceptors (Lipinski definition) is 6. The summed E-state index contributed by atoms with van der Waals surface area (Å²) in [5.74, 6) is 0.873. The lowest BCUT2D eigenvalue weighted by Crippen LogP contribution is -2.30. The first-order valence-corrected chi connectivity index (χ1v) is 7.56. The van der Waals surface area contributed by atoms with Gasteiger partial charge < -0.3 is 10.6 Å². The van der Waals surface area contributed by atoms with Gasteiger partial charge in [0.2, 0.25) is 11.9 Å². The van der Waals surface area contributed by atoms with E-state index in [0.717, 1.165) is 15.6 Å². The van der Waals surface area contributed by atoms with Crippen LogP contribution >= 0.6 is 11.3 Å². The number of rotatable bonds is 5. The fourth-order valence-corrected chi connectivity index (χ4v) is 3.06. The number of nitrogens with zero attached hydrogens (tertiary/aromatic N) is 4. The molecule has 0 saturated carbocycles. The maximum atomic E-state index is 12.3. The van der Waals surface area contributed by atoms with E-state index < -0.39 is 0 Å². The van der Waals surface area contributed by atoms with Gasteiger partial charge in [0.1, 0.15) is 5.82 Å². The summed E-state index contributed by atoms with van der Waals surface area (Å²) in [5.41, 5.74) is 6.40. The lowest BCUT2D eigenvalue weighted by Gasteiger charge is -2.24. The van der Waals surface area contributed by atoms with E-state index in [0.29, 0.717) is 18.7 Å². The van der Waals surface area contributed by atoms with Gasteiger partial charge in [-0.2, -0.15) is 4.98 Å². The molecule has 2 aromatic rings. The first kappa shape index (κ1) is 15.4. The molecule has 0 aromatic carbocycles. The monoisotopic (exact) mass is 308 g/mol. The number of H-pyrrole nitrogens is 1. The average molecular weight is 308 g/mol. The number of aromatic amines is 1. The summed E-state index contributed by atoms with van der Waals surface area (Å²) < 4.78 is 0. The molecule has 2 rings (SSSR count). The van der Waals surface area contributed by atoms with E-state index in [9.17, 15) is 4.79 Å². The molecule has 0 fully saturated rings. The summed E-state index contributed by atoms with van der Waals surface area (Å²) in [4.78, 5) is 23.6. The summed E-state index contributed by atoms with van der Waals surface area (Å²) in [6.07, 6.45) is 0.854. The van der Waals surface area contributed by atoms with Crippen LogP contribution in [0.1, 0.15) is 40.8 Å². The highest BCUT2D eigenvalue weighted by atomic mass is 32.1. The van der Waals surface area contributed by atoms with Crippen LogP contribution in [-0.2, 0) is 11.2 Å². The molecule has 1 amide bonds. The fraction of sp³-hybridized carbons (Fsp3) is 0.538. The highest BCUT2D eigenvalue weighted by Gasteiger charge is 2.21. The Bertz CT molecular complexity index is 634. The lowest BCUT2D eigenvalue weighted by molar-refractivity contribution is -0.131. The highest BCUT2D eigenvalue weighted by Crippen LogP contribution is 2.26. The molecule has 2 heterocycles. The van der Waals surface area contributed by atoms with Gasteiger partial charge in [-0.05, 0) is 20.8 Å². The molecule has 7 nitrogen and oxygen atoms in total. The largest absolute Gasteiger partial charge is 0.367 e. The van der Waals surface area contributed by atoms with Crippen LogP contribution in [0, 0.1) is 13.8 Å². The Morgan fingerprint density at radius 2 is 2.14 bits per heavy atom. The smallest absolute Gasteiger partial charge is 0.239 e. The second-order valence-corrected chi connectivity index (χ2v) is 6.40. The van der Waals surface area contributed by atoms with Crippen LogP contribution in [-0.4, -0.2) is 38.0 Å². The normalized spacial score (nSPS) is 12.4. The Kier molecular flexibility index (Phi) is 4.56. The van der Waals surface area contributed by atoms with Crippen LogP contribution in [0.2, 0.25) is 0 Å². The van der Waals surface area contributed by atoms with Gasteiger partial charge in [-0.25, -0.2) is 4.98 Å². The number of nitrogen functional groups attached to an aromatic ring is 1. The minimum Gasteiger partial charge on any atom is -0.367 e. The van der Waals surface area contributed by atoms with Gasteiger partial charge in [0, 0.05) is 24.8 Å². The number of amides is 1. The molecular formula is C13H20N6OS. The number of thiazole rings is 1. The molecule has 0 aliphatic carbocycles. The molecule has 2 aromatic heterocycles. The third-order valence-corrected chi connectivity index (χ3v) is 4.34. The maximum Gasteiger partial charge on any atom is 0.239 e. The summed E-state index contributed by atoms with van der Waals surface area (Å²) in [7, 11) is 1.80. The molecule has 1 atom stereocenters. The molecule has 21 heavy (non-hydrogen) atoms. The van der Waals surface area contributed by atoms with E-state index in [1.807, 2.05) is 20.8 Å². The highest BCUT2D eigenvalue weighted by molar-refractivity contribution is 7.11. The summed E-state index contributed by atoms with van der Waals surface area (Å²) >= 11 is 1.65. The maximum absolute atomic E-state index is 12.3. The Morgan fingerprint density at radius 1 is 1.43 bits per heavy atom. The van der Waals surface area contributed by atoms with Gasteiger partial charge in [0.05, 0.1) is 16.7 Å². The summed E-state index contributed by atoms with van der Waals surface area (Å²) in [5, 5.41) is 7.47. The van der Waals surface area contributed by atoms with E-state index in [2.05, 4.69) is 20.2 Å². The Morgan fingerprint density at radius 3 is 2.67 bits per heavy atom. The van der Waals surface area contributed by atoms with Gasteiger partial charge in [-0.3, -0.25) is 9.89 Å². The molecule has 8 heteroatoms. The molecule has 3 N–H and O–H groups in total. The average Bonchev–Trinajstić information content (AvgIpc) is 3.00. The van der Waals surface area contributed by atoms with E-state index in [1.165, 1.54) is 0 Å². The van der Waals surface area contributed by atoms with Crippen LogP contribution in [0.5, 0.6) is 0 Å². The Balaban J connectivity index is 1.96. The van der Waals surface area contributed by atoms with Crippen molar-refractivity contribution in [3.63, 3.8) is 0 Å². The molecule has 0 unspecified atom stereocenters. The van der Waals surface area contributed by atoms with Crippen molar-refractivity contribution >= 4 is 23.2 Å². The second-order valence-electron chi connectivity index (χ2n) is 5.00. The van der Waals surface area contributed by atoms with Gasteiger partial charge >= 0.3 is 0 Å². The van der Waals surface area contributed by atoms with Crippen LogP contribution in [0.25, 0.3) is 0 Å². The van der Waals surface area contributed by atoms with E-state index in [1.54, 1.807) is 23.3 Å². The molecule has 114 valence electrons. The zero-order chi connectivity index (χ0) is 15.6. The van der Waals surface area contributed by atoms with E-state index >= 15 is 0 Å². The fourth-order valence-electron chi connectivity index (χ4n) is 2.16. The summed E-state index contributed by atoms with van der Waals surface area (Å²) in [6.45, 7) is 6.00. The number of nitrogens with one attached hydrogen (secondary N) is 1. The third-order valence-electron chi connectivity index (χ3n) is 3.43. The minimum absolute atomic E-state index is 0.0396. The molecular weight excluding hydrogens is 288 g/mol. The Hall–Kier alpha value is -1.96. The quantitative estimate of drug-likeness (QED) is 0.874. The van der Waals surface area contributed by atoms with Crippen LogP contribution in [0.4, 0.5) is 5.95 Å². The molecule has 0 saturated heterocycles. The number of aromatic nitrogens is 4. The van der Waals surface area contributed by atoms with Crippen molar-refractivity contribution in [2.24, 2.45) is 0 Å². The van der Waals surface area contributed by atoms with Crippen molar-refractivity contribution in [2.75, 3.05) is 12.8 Å². The number of nitrogens with two attached hydrogens (primary N) is 1. The standard InChI is InChI=1S/C13H20N6OS/c1-7(12-8(2)21-9(3)15-12)19(4)11(20)6-5-10-16-13(14)18-17-10/h7H,5-6H2,1-4H3,(H3,14,16,17,18)/t7-/m1/s1. The minimum atomic E-state index is -0.0396. The van der Waals surface area contributed by atoms with Crippen molar-refractivity contribution < 1.29 is 4.79 Å². The Labute approximate surface area is 127 Å². The van der Waals surface area contributed by atoms with Crippen LogP contribution in [0.15, 0.2) is 0 Å². The van der Waals surface area contributed by atoms with Crippen molar-refractivity contribution in [1.82, 2.24) is 25.1 Å². The number of hydrogen-bond donors (Lipinski definition) is 2. The zero-order valence-corrected chi connectivity index (χ0v) is 13.5. The number of aryl methyl sites for hydroxylation is 3. The van der Waals surface area contributed by atoms with Crippen LogP contribution < -0.4 is 5.73 Å². The molecule has 0 spiro atoms. The van der Waals surface area contributed by atoms with Gasteiger partial charge in [-0.1, -0.05) is 0 Å². The van der Waals surface area contributed by atoms with Gasteiger partial charge in [-0.15, -0.1) is 16.4 Å².